The van der Waals surface area contributed by atoms with Crippen LogP contribution in [0.5, 0.6) is 5.75 Å². The first-order valence-electron chi connectivity index (χ1n) is 9.51. The molecule has 0 saturated heterocycles. The molecule has 3 amide bonds. The second kappa shape index (κ2) is 9.78. The van der Waals surface area contributed by atoms with E-state index in [9.17, 15) is 14.7 Å². The molecule has 0 radical (unpaired) electrons. The first-order chi connectivity index (χ1) is 13.2. The van der Waals surface area contributed by atoms with Gasteiger partial charge < -0.3 is 21.1 Å². The van der Waals surface area contributed by atoms with Gasteiger partial charge in [-0.25, -0.2) is 4.79 Å². The lowest BCUT2D eigenvalue weighted by Crippen LogP contribution is -2.36. The summed E-state index contributed by atoms with van der Waals surface area (Å²) in [6.45, 7) is 7.51. The van der Waals surface area contributed by atoms with Crippen LogP contribution in [0.3, 0.4) is 0 Å². The highest BCUT2D eigenvalue weighted by Gasteiger charge is 2.11. The molecule has 0 spiro atoms. The molecule has 0 saturated carbocycles. The highest BCUT2D eigenvalue weighted by atomic mass is 16.3. The van der Waals surface area contributed by atoms with Crippen LogP contribution < -0.4 is 16.0 Å². The van der Waals surface area contributed by atoms with Crippen LogP contribution >= 0.6 is 0 Å². The average molecular weight is 383 g/mol. The number of carbonyl (C=O) groups excluding carboxylic acids is 2. The Morgan fingerprint density at radius 3 is 2.32 bits per heavy atom. The summed E-state index contributed by atoms with van der Waals surface area (Å²) >= 11 is 0. The third kappa shape index (κ3) is 6.61. The van der Waals surface area contributed by atoms with Gasteiger partial charge in [0.2, 0.25) is 5.91 Å². The summed E-state index contributed by atoms with van der Waals surface area (Å²) in [6, 6.07) is 12.2. The van der Waals surface area contributed by atoms with E-state index in [0.717, 1.165) is 24.0 Å². The maximum Gasteiger partial charge on any atom is 0.319 e. The molecule has 4 N–H and O–H groups in total. The predicted molar refractivity (Wildman–Crippen MR) is 113 cm³/mol. The van der Waals surface area contributed by atoms with Crippen molar-refractivity contribution in [1.29, 1.82) is 0 Å². The topological polar surface area (TPSA) is 90.5 Å². The quantitative estimate of drug-likeness (QED) is 0.570. The highest BCUT2D eigenvalue weighted by Crippen LogP contribution is 2.21. The van der Waals surface area contributed by atoms with Crippen LogP contribution in [-0.4, -0.2) is 23.1 Å². The molecule has 0 bridgehead atoms. The Bertz CT molecular complexity index is 816. The van der Waals surface area contributed by atoms with Crippen molar-refractivity contribution in [3.05, 3.63) is 53.6 Å². The number of rotatable bonds is 7. The number of urea groups is 1. The number of hydrogen-bond acceptors (Lipinski definition) is 3. The fourth-order valence-electron chi connectivity index (χ4n) is 2.62. The summed E-state index contributed by atoms with van der Waals surface area (Å²) in [5, 5.41) is 17.9. The number of anilines is 2. The van der Waals surface area contributed by atoms with E-state index in [0.29, 0.717) is 11.4 Å². The molecule has 0 aliphatic carbocycles. The number of amides is 3. The smallest absolute Gasteiger partial charge is 0.319 e. The van der Waals surface area contributed by atoms with Gasteiger partial charge in [0.15, 0.2) is 0 Å². The van der Waals surface area contributed by atoms with Gasteiger partial charge in [0.25, 0.3) is 0 Å². The van der Waals surface area contributed by atoms with Crippen LogP contribution in [0.1, 0.15) is 38.3 Å². The van der Waals surface area contributed by atoms with Gasteiger partial charge in [-0.1, -0.05) is 32.0 Å². The fourth-order valence-corrected chi connectivity index (χ4v) is 2.62. The number of phenols is 1. The van der Waals surface area contributed by atoms with Crippen LogP contribution in [0.4, 0.5) is 16.2 Å². The molecule has 2 aromatic rings. The molecule has 1 unspecified atom stereocenters. The summed E-state index contributed by atoms with van der Waals surface area (Å²) in [7, 11) is 0. The molecule has 1 atom stereocenters. The Morgan fingerprint density at radius 1 is 1.00 bits per heavy atom. The predicted octanol–water partition coefficient (Wildman–Crippen LogP) is 4.44. The van der Waals surface area contributed by atoms with Crippen molar-refractivity contribution in [2.75, 3.05) is 10.6 Å². The summed E-state index contributed by atoms with van der Waals surface area (Å²) < 4.78 is 0. The van der Waals surface area contributed by atoms with E-state index in [-0.39, 0.29) is 29.6 Å². The van der Waals surface area contributed by atoms with Crippen molar-refractivity contribution in [3.63, 3.8) is 0 Å². The van der Waals surface area contributed by atoms with E-state index in [2.05, 4.69) is 16.0 Å². The second-order valence-electron chi connectivity index (χ2n) is 7.38. The van der Waals surface area contributed by atoms with Gasteiger partial charge >= 0.3 is 6.03 Å². The SMILES string of the molecule is Cc1ccc(NC(=O)C(C)C)cc1NC(=O)NC(C)CCc1ccc(O)cc1. The van der Waals surface area contributed by atoms with E-state index in [4.69, 9.17) is 0 Å². The zero-order valence-electron chi connectivity index (χ0n) is 16.9. The number of hydrogen-bond donors (Lipinski definition) is 4. The summed E-state index contributed by atoms with van der Waals surface area (Å²) in [4.78, 5) is 24.2. The lowest BCUT2D eigenvalue weighted by molar-refractivity contribution is -0.118. The first-order valence-corrected chi connectivity index (χ1v) is 9.51. The maximum atomic E-state index is 12.3. The molecular formula is C22H29N3O3. The monoisotopic (exact) mass is 383 g/mol. The Kier molecular flexibility index (Phi) is 7.44. The molecule has 0 fully saturated rings. The van der Waals surface area contributed by atoms with Gasteiger partial charge in [-0.3, -0.25) is 4.79 Å². The first kappa shape index (κ1) is 21.3. The lowest BCUT2D eigenvalue weighted by Gasteiger charge is -2.16. The van der Waals surface area contributed by atoms with Crippen LogP contribution in [0.2, 0.25) is 0 Å². The molecule has 150 valence electrons. The van der Waals surface area contributed by atoms with Crippen molar-refractivity contribution in [3.8, 4) is 5.75 Å². The molecule has 6 heteroatoms. The van der Waals surface area contributed by atoms with Crippen molar-refractivity contribution < 1.29 is 14.7 Å². The molecule has 0 aromatic heterocycles. The largest absolute Gasteiger partial charge is 0.508 e. The number of nitrogens with one attached hydrogen (secondary N) is 3. The Hall–Kier alpha value is -3.02. The minimum Gasteiger partial charge on any atom is -0.508 e. The zero-order chi connectivity index (χ0) is 20.7. The van der Waals surface area contributed by atoms with Crippen LogP contribution in [0.25, 0.3) is 0 Å². The minimum absolute atomic E-state index is 0.0158. The number of phenolic OH excluding ortho intramolecular Hbond substituents is 1. The molecule has 0 heterocycles. The van der Waals surface area contributed by atoms with Crippen molar-refractivity contribution in [1.82, 2.24) is 5.32 Å². The van der Waals surface area contributed by atoms with Gasteiger partial charge in [0, 0.05) is 23.3 Å². The molecule has 28 heavy (non-hydrogen) atoms. The van der Waals surface area contributed by atoms with Crippen molar-refractivity contribution >= 4 is 23.3 Å². The molecule has 2 rings (SSSR count). The Balaban J connectivity index is 1.89. The zero-order valence-corrected chi connectivity index (χ0v) is 16.9. The van der Waals surface area contributed by atoms with Gasteiger partial charge in [0.05, 0.1) is 0 Å². The number of carbonyl (C=O) groups is 2. The number of aryl methyl sites for hydroxylation is 2. The minimum atomic E-state index is -0.284. The lowest BCUT2D eigenvalue weighted by atomic mass is 10.1. The van der Waals surface area contributed by atoms with Crippen LogP contribution in [0, 0.1) is 12.8 Å². The van der Waals surface area contributed by atoms with Gasteiger partial charge in [-0.2, -0.15) is 0 Å². The van der Waals surface area contributed by atoms with E-state index in [1.807, 2.05) is 52.0 Å². The summed E-state index contributed by atoms with van der Waals surface area (Å²) in [6.07, 6.45) is 1.58. The van der Waals surface area contributed by atoms with Gasteiger partial charge in [0.1, 0.15) is 5.75 Å². The third-order valence-corrected chi connectivity index (χ3v) is 4.46. The molecular weight excluding hydrogens is 354 g/mol. The van der Waals surface area contributed by atoms with Crippen LogP contribution in [-0.2, 0) is 11.2 Å². The third-order valence-electron chi connectivity index (χ3n) is 4.46. The van der Waals surface area contributed by atoms with E-state index in [1.54, 1.807) is 18.2 Å². The van der Waals surface area contributed by atoms with E-state index in [1.165, 1.54) is 0 Å². The van der Waals surface area contributed by atoms with E-state index >= 15 is 0 Å². The fraction of sp³-hybridized carbons (Fsp3) is 0.364. The molecule has 0 aliphatic heterocycles. The Morgan fingerprint density at radius 2 is 1.68 bits per heavy atom. The normalized spacial score (nSPS) is 11.8. The summed E-state index contributed by atoms with van der Waals surface area (Å²) in [5.41, 5.74) is 3.33. The standard InChI is InChI=1S/C22H29N3O3/c1-14(2)21(27)24-18-10-5-15(3)20(13-18)25-22(28)23-16(4)6-7-17-8-11-19(26)12-9-17/h5,8-14,16,26H,6-7H2,1-4H3,(H,24,27)(H2,23,25,28). The second-order valence-corrected chi connectivity index (χ2v) is 7.38. The van der Waals surface area contributed by atoms with Crippen molar-refractivity contribution in [2.45, 2.75) is 46.6 Å². The highest BCUT2D eigenvalue weighted by molar-refractivity contribution is 5.94. The van der Waals surface area contributed by atoms with Crippen molar-refractivity contribution in [2.24, 2.45) is 5.92 Å². The molecule has 6 nitrogen and oxygen atoms in total. The van der Waals surface area contributed by atoms with Crippen LogP contribution in [0.15, 0.2) is 42.5 Å². The van der Waals surface area contributed by atoms with Gasteiger partial charge in [-0.05, 0) is 62.1 Å². The summed E-state index contributed by atoms with van der Waals surface area (Å²) in [5.74, 6) is 0.0639. The average Bonchev–Trinajstić information content (AvgIpc) is 2.63. The van der Waals surface area contributed by atoms with Gasteiger partial charge in [-0.15, -0.1) is 0 Å². The molecule has 0 aliphatic rings. The molecule has 2 aromatic carbocycles. The Labute approximate surface area is 166 Å². The maximum absolute atomic E-state index is 12.3. The van der Waals surface area contributed by atoms with E-state index < -0.39 is 0 Å². The number of aromatic hydroxyl groups is 1. The number of benzene rings is 2.